The number of carbonyl (C=O) groups is 1. The summed E-state index contributed by atoms with van der Waals surface area (Å²) in [5.74, 6) is 2.32. The van der Waals surface area contributed by atoms with Gasteiger partial charge in [-0.05, 0) is 31.8 Å². The van der Waals surface area contributed by atoms with E-state index in [0.29, 0.717) is 6.54 Å². The molecule has 0 spiro atoms. The van der Waals surface area contributed by atoms with E-state index in [-0.39, 0.29) is 12.5 Å². The molecule has 0 saturated carbocycles. The van der Waals surface area contributed by atoms with Crippen molar-refractivity contribution in [1.82, 2.24) is 10.2 Å². The standard InChI is InChI=1S/C14H19N3O/c1-4-9-15-10-14(18)16-13-7-5-12(6-8-13)11-17(2)3/h1,5-8,15H,9-11H2,2-3H3,(H,16,18). The van der Waals surface area contributed by atoms with Crippen LogP contribution in [-0.4, -0.2) is 38.0 Å². The summed E-state index contributed by atoms with van der Waals surface area (Å²) in [4.78, 5) is 13.6. The van der Waals surface area contributed by atoms with Crippen molar-refractivity contribution in [2.75, 3.05) is 32.5 Å². The van der Waals surface area contributed by atoms with E-state index in [2.05, 4.69) is 21.5 Å². The number of rotatable bonds is 6. The second-order valence-electron chi connectivity index (χ2n) is 4.29. The molecule has 0 atom stereocenters. The van der Waals surface area contributed by atoms with Gasteiger partial charge in [0, 0.05) is 12.2 Å². The number of hydrogen-bond donors (Lipinski definition) is 2. The number of terminal acetylenes is 1. The third-order valence-corrected chi connectivity index (χ3v) is 2.25. The summed E-state index contributed by atoms with van der Waals surface area (Å²) < 4.78 is 0. The quantitative estimate of drug-likeness (QED) is 0.578. The first-order chi connectivity index (χ1) is 8.61. The highest BCUT2D eigenvalue weighted by molar-refractivity contribution is 5.92. The minimum Gasteiger partial charge on any atom is -0.325 e. The van der Waals surface area contributed by atoms with Crippen molar-refractivity contribution in [2.24, 2.45) is 0 Å². The monoisotopic (exact) mass is 245 g/mol. The van der Waals surface area contributed by atoms with Crippen LogP contribution in [0.25, 0.3) is 0 Å². The van der Waals surface area contributed by atoms with E-state index in [1.165, 1.54) is 5.56 Å². The van der Waals surface area contributed by atoms with Gasteiger partial charge in [-0.15, -0.1) is 6.42 Å². The lowest BCUT2D eigenvalue weighted by Crippen LogP contribution is -2.28. The molecule has 4 nitrogen and oxygen atoms in total. The normalized spacial score (nSPS) is 10.1. The Morgan fingerprint density at radius 2 is 2.00 bits per heavy atom. The summed E-state index contributed by atoms with van der Waals surface area (Å²) in [6, 6.07) is 7.81. The lowest BCUT2D eigenvalue weighted by Gasteiger charge is -2.10. The molecule has 1 amide bonds. The molecule has 0 aliphatic heterocycles. The van der Waals surface area contributed by atoms with Crippen molar-refractivity contribution >= 4 is 11.6 Å². The first-order valence-corrected chi connectivity index (χ1v) is 5.79. The molecule has 0 fully saturated rings. The maximum atomic E-state index is 11.5. The molecule has 0 saturated heterocycles. The third kappa shape index (κ3) is 5.48. The molecule has 1 rings (SSSR count). The van der Waals surface area contributed by atoms with Crippen molar-refractivity contribution < 1.29 is 4.79 Å². The molecule has 1 aromatic rings. The molecule has 0 aliphatic rings. The molecular formula is C14H19N3O. The van der Waals surface area contributed by atoms with Crippen LogP contribution < -0.4 is 10.6 Å². The van der Waals surface area contributed by atoms with Gasteiger partial charge in [0.1, 0.15) is 0 Å². The van der Waals surface area contributed by atoms with Crippen LogP contribution in [0.4, 0.5) is 5.69 Å². The predicted molar refractivity (Wildman–Crippen MR) is 74.2 cm³/mol. The summed E-state index contributed by atoms with van der Waals surface area (Å²) in [7, 11) is 4.04. The van der Waals surface area contributed by atoms with Crippen LogP contribution in [0.2, 0.25) is 0 Å². The zero-order valence-electron chi connectivity index (χ0n) is 10.9. The molecule has 0 aliphatic carbocycles. The van der Waals surface area contributed by atoms with E-state index in [9.17, 15) is 4.79 Å². The molecule has 0 aromatic heterocycles. The van der Waals surface area contributed by atoms with Crippen molar-refractivity contribution in [3.05, 3.63) is 29.8 Å². The topological polar surface area (TPSA) is 44.4 Å². The average Bonchev–Trinajstić information content (AvgIpc) is 2.31. The Kier molecular flexibility index (Phi) is 5.92. The van der Waals surface area contributed by atoms with Crippen LogP contribution >= 0.6 is 0 Å². The Bertz CT molecular complexity index is 418. The second kappa shape index (κ2) is 7.49. The molecular weight excluding hydrogens is 226 g/mol. The van der Waals surface area contributed by atoms with Gasteiger partial charge in [0.05, 0.1) is 13.1 Å². The van der Waals surface area contributed by atoms with Gasteiger partial charge in [0.25, 0.3) is 0 Å². The molecule has 4 heteroatoms. The number of benzene rings is 1. The Morgan fingerprint density at radius 3 is 2.56 bits per heavy atom. The predicted octanol–water partition coefficient (Wildman–Crippen LogP) is 0.909. The first kappa shape index (κ1) is 14.2. The number of anilines is 1. The smallest absolute Gasteiger partial charge is 0.238 e. The minimum atomic E-state index is -0.0920. The van der Waals surface area contributed by atoms with Gasteiger partial charge in [-0.3, -0.25) is 10.1 Å². The van der Waals surface area contributed by atoms with Gasteiger partial charge in [-0.2, -0.15) is 0 Å². The molecule has 96 valence electrons. The molecule has 0 unspecified atom stereocenters. The number of hydrogen-bond acceptors (Lipinski definition) is 3. The van der Waals surface area contributed by atoms with Crippen LogP contribution in [0, 0.1) is 12.3 Å². The molecule has 0 heterocycles. The fourth-order valence-electron chi connectivity index (χ4n) is 1.51. The van der Waals surface area contributed by atoms with Gasteiger partial charge in [-0.1, -0.05) is 18.1 Å². The molecule has 18 heavy (non-hydrogen) atoms. The summed E-state index contributed by atoms with van der Waals surface area (Å²) >= 11 is 0. The van der Waals surface area contributed by atoms with E-state index in [0.717, 1.165) is 12.2 Å². The summed E-state index contributed by atoms with van der Waals surface area (Å²) in [6.07, 6.45) is 5.08. The van der Waals surface area contributed by atoms with Crippen LogP contribution in [-0.2, 0) is 11.3 Å². The van der Waals surface area contributed by atoms with Gasteiger partial charge >= 0.3 is 0 Å². The van der Waals surface area contributed by atoms with Crippen LogP contribution in [0.15, 0.2) is 24.3 Å². The Hall–Kier alpha value is -1.83. The van der Waals surface area contributed by atoms with Crippen LogP contribution in [0.5, 0.6) is 0 Å². The average molecular weight is 245 g/mol. The summed E-state index contributed by atoms with van der Waals surface area (Å²) in [5.41, 5.74) is 2.01. The van der Waals surface area contributed by atoms with E-state index < -0.39 is 0 Å². The number of nitrogens with zero attached hydrogens (tertiary/aromatic N) is 1. The maximum Gasteiger partial charge on any atom is 0.238 e. The summed E-state index contributed by atoms with van der Waals surface area (Å²) in [5, 5.41) is 5.64. The number of nitrogens with one attached hydrogen (secondary N) is 2. The lowest BCUT2D eigenvalue weighted by atomic mass is 10.2. The van der Waals surface area contributed by atoms with Crippen LogP contribution in [0.3, 0.4) is 0 Å². The van der Waals surface area contributed by atoms with E-state index in [1.54, 1.807) is 0 Å². The third-order valence-electron chi connectivity index (χ3n) is 2.25. The largest absolute Gasteiger partial charge is 0.325 e. The van der Waals surface area contributed by atoms with E-state index in [4.69, 9.17) is 6.42 Å². The van der Waals surface area contributed by atoms with E-state index in [1.807, 2.05) is 38.4 Å². The van der Waals surface area contributed by atoms with Crippen LogP contribution in [0.1, 0.15) is 5.56 Å². The number of amides is 1. The molecule has 0 bridgehead atoms. The molecule has 0 radical (unpaired) electrons. The van der Waals surface area contributed by atoms with Gasteiger partial charge < -0.3 is 10.2 Å². The maximum absolute atomic E-state index is 11.5. The zero-order valence-corrected chi connectivity index (χ0v) is 10.9. The number of carbonyl (C=O) groups excluding carboxylic acids is 1. The second-order valence-corrected chi connectivity index (χ2v) is 4.29. The highest BCUT2D eigenvalue weighted by atomic mass is 16.1. The van der Waals surface area contributed by atoms with Crippen molar-refractivity contribution in [1.29, 1.82) is 0 Å². The van der Waals surface area contributed by atoms with Crippen molar-refractivity contribution in [2.45, 2.75) is 6.54 Å². The highest BCUT2D eigenvalue weighted by Gasteiger charge is 2.01. The fourth-order valence-corrected chi connectivity index (χ4v) is 1.51. The van der Waals surface area contributed by atoms with Gasteiger partial charge in [-0.25, -0.2) is 0 Å². The Morgan fingerprint density at radius 1 is 1.33 bits per heavy atom. The molecule has 1 aromatic carbocycles. The lowest BCUT2D eigenvalue weighted by molar-refractivity contribution is -0.115. The fraction of sp³-hybridized carbons (Fsp3) is 0.357. The highest BCUT2D eigenvalue weighted by Crippen LogP contribution is 2.10. The summed E-state index contributed by atoms with van der Waals surface area (Å²) in [6.45, 7) is 1.51. The zero-order chi connectivity index (χ0) is 13.4. The first-order valence-electron chi connectivity index (χ1n) is 5.79. The van der Waals surface area contributed by atoms with Crippen molar-refractivity contribution in [3.8, 4) is 12.3 Å². The van der Waals surface area contributed by atoms with Gasteiger partial charge in [0.2, 0.25) is 5.91 Å². The van der Waals surface area contributed by atoms with Gasteiger partial charge in [0.15, 0.2) is 0 Å². The Labute approximate surface area is 108 Å². The van der Waals surface area contributed by atoms with E-state index >= 15 is 0 Å². The SMILES string of the molecule is C#CCNCC(=O)Nc1ccc(CN(C)C)cc1. The van der Waals surface area contributed by atoms with Crippen molar-refractivity contribution in [3.63, 3.8) is 0 Å². The Balaban J connectivity index is 2.43. The minimum absolute atomic E-state index is 0.0920. The molecule has 2 N–H and O–H groups in total.